The molecule has 1 heterocycles. The summed E-state index contributed by atoms with van der Waals surface area (Å²) in [6.07, 6.45) is 1.87. The van der Waals surface area contributed by atoms with Crippen molar-refractivity contribution in [2.75, 3.05) is 7.11 Å². The van der Waals surface area contributed by atoms with E-state index in [0.29, 0.717) is 6.54 Å². The standard InChI is InChI=1S/C15H20N2O2/c1-11-6-5-7-12(14(11)19-4)13-8-9-17(16-13)10-15(2,3)18/h5-9,18H,10H2,1-4H3. The van der Waals surface area contributed by atoms with E-state index in [2.05, 4.69) is 5.10 Å². The number of nitrogens with zero attached hydrogens (tertiary/aromatic N) is 2. The molecule has 0 aliphatic carbocycles. The van der Waals surface area contributed by atoms with Crippen molar-refractivity contribution in [3.8, 4) is 17.0 Å². The maximum atomic E-state index is 9.81. The van der Waals surface area contributed by atoms with E-state index in [1.165, 1.54) is 0 Å². The van der Waals surface area contributed by atoms with E-state index in [-0.39, 0.29) is 0 Å². The smallest absolute Gasteiger partial charge is 0.131 e. The minimum absolute atomic E-state index is 0.459. The number of para-hydroxylation sites is 1. The van der Waals surface area contributed by atoms with Gasteiger partial charge in [0.1, 0.15) is 5.75 Å². The van der Waals surface area contributed by atoms with E-state index in [0.717, 1.165) is 22.6 Å². The first-order valence-electron chi connectivity index (χ1n) is 6.30. The van der Waals surface area contributed by atoms with Gasteiger partial charge in [-0.25, -0.2) is 0 Å². The quantitative estimate of drug-likeness (QED) is 0.919. The van der Waals surface area contributed by atoms with E-state index < -0.39 is 5.60 Å². The number of hydrogen-bond donors (Lipinski definition) is 1. The molecule has 1 aromatic heterocycles. The van der Waals surface area contributed by atoms with E-state index in [4.69, 9.17) is 4.74 Å². The van der Waals surface area contributed by atoms with Gasteiger partial charge in [0.2, 0.25) is 0 Å². The van der Waals surface area contributed by atoms with Crippen LogP contribution in [0.3, 0.4) is 0 Å². The highest BCUT2D eigenvalue weighted by atomic mass is 16.5. The number of methoxy groups -OCH3 is 1. The average Bonchev–Trinajstić information content (AvgIpc) is 2.74. The van der Waals surface area contributed by atoms with Crippen LogP contribution < -0.4 is 4.74 Å². The Bertz CT molecular complexity index is 568. The molecule has 0 spiro atoms. The zero-order chi connectivity index (χ0) is 14.0. The maximum absolute atomic E-state index is 9.81. The molecular formula is C15H20N2O2. The Hall–Kier alpha value is -1.81. The lowest BCUT2D eigenvalue weighted by molar-refractivity contribution is 0.0578. The second-order valence-corrected chi connectivity index (χ2v) is 5.37. The number of aliphatic hydroxyl groups is 1. The van der Waals surface area contributed by atoms with Crippen LogP contribution in [0.4, 0.5) is 0 Å². The van der Waals surface area contributed by atoms with Gasteiger partial charge in [-0.05, 0) is 38.5 Å². The number of benzene rings is 1. The third-order valence-electron chi connectivity index (χ3n) is 2.88. The first kappa shape index (κ1) is 13.6. The number of ether oxygens (including phenoxy) is 1. The molecule has 0 saturated heterocycles. The normalized spacial score (nSPS) is 11.6. The summed E-state index contributed by atoms with van der Waals surface area (Å²) in [4.78, 5) is 0. The summed E-state index contributed by atoms with van der Waals surface area (Å²) in [5.41, 5.74) is 2.12. The van der Waals surface area contributed by atoms with E-state index in [1.807, 2.05) is 37.4 Å². The Balaban J connectivity index is 2.36. The van der Waals surface area contributed by atoms with Crippen LogP contribution in [0.5, 0.6) is 5.75 Å². The Morgan fingerprint density at radius 1 is 1.32 bits per heavy atom. The van der Waals surface area contributed by atoms with Crippen LogP contribution in [-0.4, -0.2) is 27.6 Å². The van der Waals surface area contributed by atoms with Gasteiger partial charge in [0, 0.05) is 11.8 Å². The van der Waals surface area contributed by atoms with Gasteiger partial charge in [0.25, 0.3) is 0 Å². The van der Waals surface area contributed by atoms with Gasteiger partial charge in [-0.3, -0.25) is 4.68 Å². The van der Waals surface area contributed by atoms with Crippen LogP contribution in [0.1, 0.15) is 19.4 Å². The van der Waals surface area contributed by atoms with Crippen molar-refractivity contribution in [2.24, 2.45) is 0 Å². The fourth-order valence-electron chi connectivity index (χ4n) is 2.11. The van der Waals surface area contributed by atoms with E-state index in [9.17, 15) is 5.11 Å². The molecule has 0 radical (unpaired) electrons. The lowest BCUT2D eigenvalue weighted by Gasteiger charge is -2.16. The zero-order valence-electron chi connectivity index (χ0n) is 11.8. The molecular weight excluding hydrogens is 240 g/mol. The number of hydrogen-bond acceptors (Lipinski definition) is 3. The van der Waals surface area contributed by atoms with Gasteiger partial charge >= 0.3 is 0 Å². The fourth-order valence-corrected chi connectivity index (χ4v) is 2.11. The van der Waals surface area contributed by atoms with Crippen molar-refractivity contribution >= 4 is 0 Å². The molecule has 0 fully saturated rings. The minimum atomic E-state index is -0.778. The van der Waals surface area contributed by atoms with Gasteiger partial charge < -0.3 is 9.84 Å². The highest BCUT2D eigenvalue weighted by Crippen LogP contribution is 2.31. The largest absolute Gasteiger partial charge is 0.496 e. The minimum Gasteiger partial charge on any atom is -0.496 e. The van der Waals surface area contributed by atoms with Crippen LogP contribution in [0, 0.1) is 6.92 Å². The average molecular weight is 260 g/mol. The molecule has 0 aliphatic rings. The molecule has 4 heteroatoms. The topological polar surface area (TPSA) is 47.3 Å². The summed E-state index contributed by atoms with van der Waals surface area (Å²) in [7, 11) is 1.67. The van der Waals surface area contributed by atoms with Crippen LogP contribution in [0.2, 0.25) is 0 Å². The molecule has 1 aromatic carbocycles. The molecule has 4 nitrogen and oxygen atoms in total. The Morgan fingerprint density at radius 2 is 2.05 bits per heavy atom. The van der Waals surface area contributed by atoms with Gasteiger partial charge in [0.15, 0.2) is 0 Å². The van der Waals surface area contributed by atoms with Crippen molar-refractivity contribution in [2.45, 2.75) is 32.9 Å². The van der Waals surface area contributed by atoms with Crippen molar-refractivity contribution in [1.29, 1.82) is 0 Å². The van der Waals surface area contributed by atoms with Gasteiger partial charge in [-0.1, -0.05) is 12.1 Å². The van der Waals surface area contributed by atoms with Crippen molar-refractivity contribution in [1.82, 2.24) is 9.78 Å². The zero-order valence-corrected chi connectivity index (χ0v) is 11.8. The third kappa shape index (κ3) is 3.15. The highest BCUT2D eigenvalue weighted by Gasteiger charge is 2.16. The Kier molecular flexibility index (Phi) is 3.62. The van der Waals surface area contributed by atoms with Gasteiger partial charge in [-0.2, -0.15) is 5.10 Å². The monoisotopic (exact) mass is 260 g/mol. The van der Waals surface area contributed by atoms with Crippen LogP contribution in [0.25, 0.3) is 11.3 Å². The number of aromatic nitrogens is 2. The Morgan fingerprint density at radius 3 is 2.68 bits per heavy atom. The molecule has 102 valence electrons. The summed E-state index contributed by atoms with van der Waals surface area (Å²) < 4.78 is 7.19. The predicted octanol–water partition coefficient (Wildman–Crippen LogP) is 2.64. The molecule has 19 heavy (non-hydrogen) atoms. The summed E-state index contributed by atoms with van der Waals surface area (Å²) in [6.45, 7) is 6.00. The van der Waals surface area contributed by atoms with Gasteiger partial charge in [-0.15, -0.1) is 0 Å². The maximum Gasteiger partial charge on any atom is 0.131 e. The predicted molar refractivity (Wildman–Crippen MR) is 75.2 cm³/mol. The van der Waals surface area contributed by atoms with E-state index >= 15 is 0 Å². The van der Waals surface area contributed by atoms with Crippen molar-refractivity contribution in [3.63, 3.8) is 0 Å². The second kappa shape index (κ2) is 5.05. The number of aryl methyl sites for hydroxylation is 1. The van der Waals surface area contributed by atoms with Crippen LogP contribution >= 0.6 is 0 Å². The summed E-state index contributed by atoms with van der Waals surface area (Å²) in [5, 5.41) is 14.3. The SMILES string of the molecule is COc1c(C)cccc1-c1ccn(CC(C)(C)O)n1. The summed E-state index contributed by atoms with van der Waals surface area (Å²) >= 11 is 0. The molecule has 2 rings (SSSR count). The fraction of sp³-hybridized carbons (Fsp3) is 0.400. The molecule has 0 atom stereocenters. The first-order chi connectivity index (χ1) is 8.90. The summed E-state index contributed by atoms with van der Waals surface area (Å²) in [6, 6.07) is 7.92. The highest BCUT2D eigenvalue weighted by molar-refractivity contribution is 5.68. The second-order valence-electron chi connectivity index (χ2n) is 5.37. The summed E-state index contributed by atoms with van der Waals surface area (Å²) in [5.74, 6) is 0.844. The lowest BCUT2D eigenvalue weighted by Crippen LogP contribution is -2.26. The lowest BCUT2D eigenvalue weighted by atomic mass is 10.1. The van der Waals surface area contributed by atoms with E-state index in [1.54, 1.807) is 25.6 Å². The molecule has 0 bridgehead atoms. The molecule has 0 aliphatic heterocycles. The third-order valence-corrected chi connectivity index (χ3v) is 2.88. The molecule has 2 aromatic rings. The van der Waals surface area contributed by atoms with Crippen LogP contribution in [-0.2, 0) is 6.54 Å². The van der Waals surface area contributed by atoms with Crippen molar-refractivity contribution < 1.29 is 9.84 Å². The first-order valence-corrected chi connectivity index (χ1v) is 6.30. The molecule has 0 unspecified atom stereocenters. The Labute approximate surface area is 113 Å². The molecule has 0 amide bonds. The van der Waals surface area contributed by atoms with Gasteiger partial charge in [0.05, 0.1) is 24.9 Å². The molecule has 0 saturated carbocycles. The number of rotatable bonds is 4. The van der Waals surface area contributed by atoms with Crippen LogP contribution in [0.15, 0.2) is 30.5 Å². The molecule has 1 N–H and O–H groups in total. The van der Waals surface area contributed by atoms with Crippen molar-refractivity contribution in [3.05, 3.63) is 36.0 Å².